The van der Waals surface area contributed by atoms with Crippen molar-refractivity contribution in [3.8, 4) is 0 Å². The average molecular weight is 348 g/mol. The summed E-state index contributed by atoms with van der Waals surface area (Å²) in [6.45, 7) is 4.10. The maximum Gasteiger partial charge on any atom is 0.303 e. The molecule has 5 atom stereocenters. The summed E-state index contributed by atoms with van der Waals surface area (Å²) in [6, 6.07) is 0. The molecule has 1 saturated heterocycles. The van der Waals surface area contributed by atoms with E-state index in [-0.39, 0.29) is 0 Å². The standard InChI is InChI=1S/C14H20O10/c1-6(15)20-5-10(21-7(2)16)11-12(22-8(3)17)13(14(19)24-11)23-9(4)18/h10-14,19H,5H2,1-4H3/t10-,11+,12-,13+,14+/m0/s1. The smallest absolute Gasteiger partial charge is 0.303 e. The Morgan fingerprint density at radius 3 is 1.92 bits per heavy atom. The van der Waals surface area contributed by atoms with Crippen molar-refractivity contribution in [2.24, 2.45) is 0 Å². The normalized spacial score (nSPS) is 27.0. The minimum atomic E-state index is -1.61. The van der Waals surface area contributed by atoms with Gasteiger partial charge in [0.25, 0.3) is 0 Å². The van der Waals surface area contributed by atoms with Crippen molar-refractivity contribution in [3.63, 3.8) is 0 Å². The summed E-state index contributed by atoms with van der Waals surface area (Å²) >= 11 is 0. The third-order valence-corrected chi connectivity index (χ3v) is 2.96. The lowest BCUT2D eigenvalue weighted by molar-refractivity contribution is -0.184. The molecule has 0 spiro atoms. The molecule has 0 radical (unpaired) electrons. The van der Waals surface area contributed by atoms with Crippen molar-refractivity contribution in [2.45, 2.75) is 58.4 Å². The Labute approximate surface area is 137 Å². The largest absolute Gasteiger partial charge is 0.462 e. The fourth-order valence-electron chi connectivity index (χ4n) is 2.22. The van der Waals surface area contributed by atoms with Gasteiger partial charge in [-0.2, -0.15) is 0 Å². The van der Waals surface area contributed by atoms with Gasteiger partial charge >= 0.3 is 23.9 Å². The van der Waals surface area contributed by atoms with Crippen molar-refractivity contribution in [1.29, 1.82) is 0 Å². The highest BCUT2D eigenvalue weighted by Gasteiger charge is 2.52. The zero-order valence-electron chi connectivity index (χ0n) is 13.7. The van der Waals surface area contributed by atoms with Crippen LogP contribution in [0.15, 0.2) is 0 Å². The topological polar surface area (TPSA) is 135 Å². The number of aliphatic hydroxyl groups excluding tert-OH is 1. The van der Waals surface area contributed by atoms with Gasteiger partial charge in [0.15, 0.2) is 24.6 Å². The molecule has 1 heterocycles. The van der Waals surface area contributed by atoms with E-state index in [0.29, 0.717) is 0 Å². The van der Waals surface area contributed by atoms with Crippen molar-refractivity contribution < 1.29 is 48.0 Å². The molecular weight excluding hydrogens is 328 g/mol. The summed E-state index contributed by atoms with van der Waals surface area (Å²) in [6.07, 6.45) is -6.55. The van der Waals surface area contributed by atoms with Gasteiger partial charge in [-0.15, -0.1) is 0 Å². The summed E-state index contributed by atoms with van der Waals surface area (Å²) in [5, 5.41) is 9.91. The highest BCUT2D eigenvalue weighted by Crippen LogP contribution is 2.29. The number of rotatable bonds is 6. The Morgan fingerprint density at radius 2 is 1.46 bits per heavy atom. The molecule has 0 aromatic carbocycles. The maximum atomic E-state index is 11.3. The molecule has 0 aromatic heterocycles. The van der Waals surface area contributed by atoms with Crippen LogP contribution in [0.2, 0.25) is 0 Å². The third kappa shape index (κ3) is 5.78. The molecule has 1 aliphatic rings. The van der Waals surface area contributed by atoms with Crippen LogP contribution < -0.4 is 0 Å². The molecule has 1 fully saturated rings. The van der Waals surface area contributed by atoms with Gasteiger partial charge in [-0.05, 0) is 0 Å². The summed E-state index contributed by atoms with van der Waals surface area (Å²) < 4.78 is 25.0. The quantitative estimate of drug-likeness (QED) is 0.473. The van der Waals surface area contributed by atoms with Gasteiger partial charge in [-0.1, -0.05) is 0 Å². The van der Waals surface area contributed by atoms with Crippen molar-refractivity contribution in [3.05, 3.63) is 0 Å². The van der Waals surface area contributed by atoms with Crippen LogP contribution in [0.3, 0.4) is 0 Å². The Bertz CT molecular complexity index is 502. The van der Waals surface area contributed by atoms with Gasteiger partial charge in [0.1, 0.15) is 12.7 Å². The highest BCUT2D eigenvalue weighted by atomic mass is 16.7. The molecule has 136 valence electrons. The number of ether oxygens (including phenoxy) is 5. The molecule has 0 bridgehead atoms. The van der Waals surface area contributed by atoms with Crippen LogP contribution in [-0.2, 0) is 42.9 Å². The first-order valence-corrected chi connectivity index (χ1v) is 7.10. The summed E-state index contributed by atoms with van der Waals surface area (Å²) in [7, 11) is 0. The van der Waals surface area contributed by atoms with E-state index in [1.165, 1.54) is 0 Å². The van der Waals surface area contributed by atoms with E-state index >= 15 is 0 Å². The van der Waals surface area contributed by atoms with Gasteiger partial charge in [-0.25, -0.2) is 0 Å². The van der Waals surface area contributed by atoms with Crippen LogP contribution in [-0.4, -0.2) is 66.3 Å². The minimum Gasteiger partial charge on any atom is -0.462 e. The molecule has 1 aliphatic heterocycles. The zero-order chi connectivity index (χ0) is 18.4. The molecule has 1 N–H and O–H groups in total. The molecule has 0 saturated carbocycles. The number of aliphatic hydroxyl groups is 1. The van der Waals surface area contributed by atoms with Crippen LogP contribution in [0.4, 0.5) is 0 Å². The van der Waals surface area contributed by atoms with Crippen LogP contribution in [0.1, 0.15) is 27.7 Å². The second kappa shape index (κ2) is 8.60. The zero-order valence-corrected chi connectivity index (χ0v) is 13.7. The Hall–Kier alpha value is -2.20. The molecular formula is C14H20O10. The fraction of sp³-hybridized carbons (Fsp3) is 0.714. The van der Waals surface area contributed by atoms with Gasteiger partial charge in [0.05, 0.1) is 0 Å². The minimum absolute atomic E-state index is 0.392. The lowest BCUT2D eigenvalue weighted by Crippen LogP contribution is -2.46. The van der Waals surface area contributed by atoms with E-state index in [9.17, 15) is 24.3 Å². The second-order valence-electron chi connectivity index (χ2n) is 5.09. The first kappa shape index (κ1) is 19.8. The molecule has 0 amide bonds. The predicted octanol–water partition coefficient (Wildman–Crippen LogP) is -0.938. The van der Waals surface area contributed by atoms with Crippen LogP contribution in [0.25, 0.3) is 0 Å². The van der Waals surface area contributed by atoms with Crippen LogP contribution >= 0.6 is 0 Å². The first-order valence-electron chi connectivity index (χ1n) is 7.10. The number of carbonyl (C=O) groups is 4. The van der Waals surface area contributed by atoms with Crippen molar-refractivity contribution in [1.82, 2.24) is 0 Å². The van der Waals surface area contributed by atoms with Gasteiger partial charge in [0, 0.05) is 27.7 Å². The Balaban J connectivity index is 3.03. The molecule has 1 rings (SSSR count). The molecule has 0 aromatic rings. The molecule has 24 heavy (non-hydrogen) atoms. The van der Waals surface area contributed by atoms with E-state index in [1.54, 1.807) is 0 Å². The number of hydrogen-bond acceptors (Lipinski definition) is 10. The molecule has 10 nitrogen and oxygen atoms in total. The van der Waals surface area contributed by atoms with Crippen LogP contribution in [0.5, 0.6) is 0 Å². The summed E-state index contributed by atoms with van der Waals surface area (Å²) in [4.78, 5) is 44.7. The van der Waals surface area contributed by atoms with E-state index in [1.807, 2.05) is 0 Å². The summed E-state index contributed by atoms with van der Waals surface area (Å²) in [5.74, 6) is -2.80. The van der Waals surface area contributed by atoms with Crippen molar-refractivity contribution in [2.75, 3.05) is 6.61 Å². The number of esters is 4. The number of carbonyl (C=O) groups excluding carboxylic acids is 4. The SMILES string of the molecule is CC(=O)OC[C@H](OC(C)=O)[C@H]1O[C@@H](O)[C@H](OC(C)=O)[C@H]1OC(C)=O. The number of hydrogen-bond donors (Lipinski definition) is 1. The molecule has 0 unspecified atom stereocenters. The Kier molecular flexibility index (Phi) is 7.11. The van der Waals surface area contributed by atoms with E-state index in [2.05, 4.69) is 0 Å². The van der Waals surface area contributed by atoms with E-state index in [4.69, 9.17) is 23.7 Å². The average Bonchev–Trinajstić information content (AvgIpc) is 2.70. The van der Waals surface area contributed by atoms with Crippen LogP contribution in [0, 0.1) is 0 Å². The monoisotopic (exact) mass is 348 g/mol. The van der Waals surface area contributed by atoms with Gasteiger partial charge in [0.2, 0.25) is 0 Å². The summed E-state index contributed by atoms with van der Waals surface area (Å²) in [5.41, 5.74) is 0. The maximum absolute atomic E-state index is 11.3. The molecule has 0 aliphatic carbocycles. The Morgan fingerprint density at radius 1 is 0.917 bits per heavy atom. The molecule has 10 heteroatoms. The van der Waals surface area contributed by atoms with Gasteiger partial charge < -0.3 is 28.8 Å². The van der Waals surface area contributed by atoms with Gasteiger partial charge in [-0.3, -0.25) is 19.2 Å². The highest BCUT2D eigenvalue weighted by molar-refractivity contribution is 5.68. The van der Waals surface area contributed by atoms with E-state index in [0.717, 1.165) is 27.7 Å². The predicted molar refractivity (Wildman–Crippen MR) is 74.2 cm³/mol. The van der Waals surface area contributed by atoms with Crippen molar-refractivity contribution >= 4 is 23.9 Å². The fourth-order valence-corrected chi connectivity index (χ4v) is 2.22. The lowest BCUT2D eigenvalue weighted by Gasteiger charge is -2.27. The first-order chi connectivity index (χ1) is 11.1. The second-order valence-corrected chi connectivity index (χ2v) is 5.09. The third-order valence-electron chi connectivity index (χ3n) is 2.96. The van der Waals surface area contributed by atoms with E-state index < -0.39 is 61.2 Å². The lowest BCUT2D eigenvalue weighted by atomic mass is 10.1.